The second kappa shape index (κ2) is 4.66. The summed E-state index contributed by atoms with van der Waals surface area (Å²) in [6, 6.07) is 1.42. The van der Waals surface area contributed by atoms with E-state index in [1.165, 1.54) is 6.42 Å². The van der Waals surface area contributed by atoms with Crippen LogP contribution in [-0.2, 0) is 0 Å². The van der Waals surface area contributed by atoms with Crippen LogP contribution >= 0.6 is 11.6 Å². The molecule has 1 aromatic rings. The van der Waals surface area contributed by atoms with Crippen LogP contribution in [0.1, 0.15) is 36.6 Å². The molecule has 1 unspecified atom stereocenters. The highest BCUT2D eigenvalue weighted by atomic mass is 35.5. The van der Waals surface area contributed by atoms with Crippen LogP contribution in [0.5, 0.6) is 0 Å². The maximum absolute atomic E-state index is 13.4. The van der Waals surface area contributed by atoms with Gasteiger partial charge in [0.25, 0.3) is 0 Å². The molecule has 1 fully saturated rings. The Balaban J connectivity index is 2.14. The van der Waals surface area contributed by atoms with Crippen LogP contribution in [0.3, 0.4) is 0 Å². The number of hydrogen-bond acceptors (Lipinski definition) is 0. The van der Waals surface area contributed by atoms with Gasteiger partial charge in [-0.15, -0.1) is 11.6 Å². The van der Waals surface area contributed by atoms with Gasteiger partial charge in [0.15, 0.2) is 11.6 Å². The van der Waals surface area contributed by atoms with E-state index in [2.05, 4.69) is 0 Å². The van der Waals surface area contributed by atoms with Crippen molar-refractivity contribution >= 4 is 11.6 Å². The maximum Gasteiger partial charge on any atom is 0.161 e. The number of alkyl halides is 1. The second-order valence-electron chi connectivity index (χ2n) is 4.29. The van der Waals surface area contributed by atoms with Gasteiger partial charge in [0.05, 0.1) is 5.38 Å². The molecule has 2 rings (SSSR count). The molecule has 0 bridgehead atoms. The van der Waals surface area contributed by atoms with Gasteiger partial charge in [-0.05, 0) is 18.4 Å². The molecule has 0 radical (unpaired) electrons. The number of rotatable bonds is 3. The molecule has 1 aliphatic carbocycles. The lowest BCUT2D eigenvalue weighted by molar-refractivity contribution is 0.292. The molecule has 0 nitrogen and oxygen atoms in total. The fourth-order valence-electron chi connectivity index (χ4n) is 1.93. The molecule has 0 heterocycles. The molecule has 0 amide bonds. The monoisotopic (exact) mass is 248 g/mol. The van der Waals surface area contributed by atoms with Gasteiger partial charge >= 0.3 is 0 Å². The minimum absolute atomic E-state index is 0.0625. The van der Waals surface area contributed by atoms with Gasteiger partial charge in [-0.3, -0.25) is 0 Å². The predicted octanol–water partition coefficient (Wildman–Crippen LogP) is 4.57. The van der Waals surface area contributed by atoms with Crippen LogP contribution in [0.2, 0.25) is 0 Å². The van der Waals surface area contributed by atoms with Crippen molar-refractivity contribution in [2.24, 2.45) is 5.92 Å². The maximum atomic E-state index is 13.4. The van der Waals surface area contributed by atoms with Gasteiger partial charge in [-0.2, -0.15) is 0 Å². The van der Waals surface area contributed by atoms with Crippen LogP contribution in [0.4, 0.5) is 13.2 Å². The van der Waals surface area contributed by atoms with Crippen molar-refractivity contribution in [3.8, 4) is 0 Å². The first-order valence-corrected chi connectivity index (χ1v) is 5.80. The molecule has 0 aromatic heterocycles. The zero-order valence-corrected chi connectivity index (χ0v) is 9.41. The highest BCUT2D eigenvalue weighted by Gasteiger charge is 2.24. The average molecular weight is 249 g/mol. The molecule has 0 saturated heterocycles. The molecule has 1 saturated carbocycles. The zero-order chi connectivity index (χ0) is 11.7. The van der Waals surface area contributed by atoms with Crippen LogP contribution in [0, 0.1) is 23.4 Å². The van der Waals surface area contributed by atoms with Crippen molar-refractivity contribution < 1.29 is 13.2 Å². The van der Waals surface area contributed by atoms with Crippen LogP contribution in [-0.4, -0.2) is 0 Å². The first-order valence-electron chi connectivity index (χ1n) is 5.36. The van der Waals surface area contributed by atoms with Crippen molar-refractivity contribution in [2.75, 3.05) is 0 Å². The summed E-state index contributed by atoms with van der Waals surface area (Å²) in [4.78, 5) is 0. The molecule has 0 aliphatic heterocycles. The first kappa shape index (κ1) is 11.8. The molecule has 0 spiro atoms. The van der Waals surface area contributed by atoms with Crippen molar-refractivity contribution in [3.63, 3.8) is 0 Å². The van der Waals surface area contributed by atoms with Crippen LogP contribution < -0.4 is 0 Å². The van der Waals surface area contributed by atoms with Gasteiger partial charge in [0, 0.05) is 11.6 Å². The summed E-state index contributed by atoms with van der Waals surface area (Å²) in [5.74, 6) is -2.49. The topological polar surface area (TPSA) is 0 Å². The molecule has 16 heavy (non-hydrogen) atoms. The Hall–Kier alpha value is -0.700. The largest absolute Gasteiger partial charge is 0.207 e. The fourth-order valence-corrected chi connectivity index (χ4v) is 2.35. The summed E-state index contributed by atoms with van der Waals surface area (Å²) < 4.78 is 39.0. The summed E-state index contributed by atoms with van der Waals surface area (Å²) in [5, 5.41) is -0.569. The lowest BCUT2D eigenvalue weighted by Crippen LogP contribution is -2.13. The summed E-state index contributed by atoms with van der Waals surface area (Å²) in [7, 11) is 0. The van der Waals surface area contributed by atoms with Crippen molar-refractivity contribution in [2.45, 2.75) is 31.1 Å². The van der Waals surface area contributed by atoms with Gasteiger partial charge < -0.3 is 0 Å². The Morgan fingerprint density at radius 1 is 1.12 bits per heavy atom. The summed E-state index contributed by atoms with van der Waals surface area (Å²) in [5.41, 5.74) is 0.0625. The Labute approximate surface area is 97.4 Å². The third-order valence-electron chi connectivity index (χ3n) is 3.14. The summed E-state index contributed by atoms with van der Waals surface area (Å²) in [6.45, 7) is 0. The SMILES string of the molecule is Fc1cc(F)c(C(Cl)CC2CCC2)cc1F. The minimum atomic E-state index is -1.17. The van der Waals surface area contributed by atoms with Crippen molar-refractivity contribution in [3.05, 3.63) is 35.1 Å². The molecular formula is C12H12ClF3. The fraction of sp³-hybridized carbons (Fsp3) is 0.500. The average Bonchev–Trinajstić information content (AvgIpc) is 2.17. The quantitative estimate of drug-likeness (QED) is 0.543. The van der Waals surface area contributed by atoms with Gasteiger partial charge in [0.1, 0.15) is 5.82 Å². The lowest BCUT2D eigenvalue weighted by Gasteiger charge is -2.27. The van der Waals surface area contributed by atoms with Crippen molar-refractivity contribution in [1.82, 2.24) is 0 Å². The molecule has 0 N–H and O–H groups in total. The highest BCUT2D eigenvalue weighted by molar-refractivity contribution is 6.20. The first-order chi connectivity index (χ1) is 7.58. The zero-order valence-electron chi connectivity index (χ0n) is 8.65. The Bertz CT molecular complexity index is 388. The van der Waals surface area contributed by atoms with Gasteiger partial charge in [-0.1, -0.05) is 19.3 Å². The van der Waals surface area contributed by atoms with E-state index in [9.17, 15) is 13.2 Å². The van der Waals surface area contributed by atoms with Crippen molar-refractivity contribution in [1.29, 1.82) is 0 Å². The number of hydrogen-bond donors (Lipinski definition) is 0. The van der Waals surface area contributed by atoms with E-state index in [-0.39, 0.29) is 5.56 Å². The smallest absolute Gasteiger partial charge is 0.161 e. The van der Waals surface area contributed by atoms with E-state index < -0.39 is 22.8 Å². The third-order valence-corrected chi connectivity index (χ3v) is 3.56. The van der Waals surface area contributed by atoms with Gasteiger partial charge in [-0.25, -0.2) is 13.2 Å². The van der Waals surface area contributed by atoms with E-state index >= 15 is 0 Å². The molecule has 1 atom stereocenters. The van der Waals surface area contributed by atoms with E-state index in [1.807, 2.05) is 0 Å². The Morgan fingerprint density at radius 3 is 2.31 bits per heavy atom. The molecule has 1 aromatic carbocycles. The Morgan fingerprint density at radius 2 is 1.75 bits per heavy atom. The molecule has 88 valence electrons. The van der Waals surface area contributed by atoms with Gasteiger partial charge in [0.2, 0.25) is 0 Å². The number of halogens is 4. The lowest BCUT2D eigenvalue weighted by atomic mass is 9.81. The highest BCUT2D eigenvalue weighted by Crippen LogP contribution is 2.38. The van der Waals surface area contributed by atoms with Crippen LogP contribution in [0.15, 0.2) is 12.1 Å². The Kier molecular flexibility index (Phi) is 3.43. The predicted molar refractivity (Wildman–Crippen MR) is 56.9 cm³/mol. The number of benzene rings is 1. The third kappa shape index (κ3) is 2.34. The molecule has 4 heteroatoms. The molecular weight excluding hydrogens is 237 g/mol. The van der Waals surface area contributed by atoms with E-state index in [0.29, 0.717) is 18.4 Å². The van der Waals surface area contributed by atoms with E-state index in [1.54, 1.807) is 0 Å². The summed E-state index contributed by atoms with van der Waals surface area (Å²) >= 11 is 6.01. The summed E-state index contributed by atoms with van der Waals surface area (Å²) in [6.07, 6.45) is 3.99. The standard InChI is InChI=1S/C12H12ClF3/c13-9(4-7-2-1-3-7)8-5-11(15)12(16)6-10(8)14/h5-7,9H,1-4H2. The second-order valence-corrected chi connectivity index (χ2v) is 4.81. The minimum Gasteiger partial charge on any atom is -0.207 e. The van der Waals surface area contributed by atoms with E-state index in [0.717, 1.165) is 18.9 Å². The normalized spacial score (nSPS) is 18.2. The molecule has 1 aliphatic rings. The van der Waals surface area contributed by atoms with Crippen LogP contribution in [0.25, 0.3) is 0 Å². The van der Waals surface area contributed by atoms with E-state index in [4.69, 9.17) is 11.6 Å².